The fourth-order valence-corrected chi connectivity index (χ4v) is 2.74. The number of imide groups is 3. The highest BCUT2D eigenvalue weighted by Crippen LogP contribution is 2.08. The van der Waals surface area contributed by atoms with Gasteiger partial charge in [-0.25, -0.2) is 4.90 Å². The predicted octanol–water partition coefficient (Wildman–Crippen LogP) is 5.01. The van der Waals surface area contributed by atoms with Crippen molar-refractivity contribution < 1.29 is 14.4 Å². The molecule has 3 aromatic rings. The Balaban J connectivity index is 1.83. The van der Waals surface area contributed by atoms with Gasteiger partial charge in [0.2, 0.25) is 0 Å². The van der Waals surface area contributed by atoms with Crippen molar-refractivity contribution in [3.8, 4) is 0 Å². The molecule has 31 heavy (non-hydrogen) atoms. The third kappa shape index (κ3) is 6.61. The molecule has 3 aromatic carbocycles. The van der Waals surface area contributed by atoms with Crippen LogP contribution in [0, 0.1) is 0 Å². The van der Waals surface area contributed by atoms with Crippen LogP contribution in [0.15, 0.2) is 109 Å². The summed E-state index contributed by atoms with van der Waals surface area (Å²) >= 11 is 0. The van der Waals surface area contributed by atoms with Gasteiger partial charge >= 0.3 is 0 Å². The minimum absolute atomic E-state index is 0.623. The van der Waals surface area contributed by atoms with E-state index in [1.165, 1.54) is 18.2 Å². The van der Waals surface area contributed by atoms with Crippen LogP contribution >= 0.6 is 0 Å². The summed E-state index contributed by atoms with van der Waals surface area (Å²) < 4.78 is 0. The third-order valence-electron chi connectivity index (χ3n) is 4.31. The molecule has 4 heteroatoms. The van der Waals surface area contributed by atoms with Gasteiger partial charge in [0.25, 0.3) is 17.7 Å². The standard InChI is InChI=1S/C27H21NO3/c29-25(19-16-22-10-4-1-5-11-22)28(26(30)20-17-23-12-6-2-7-13-23)27(31)21-18-24-14-8-3-9-15-24/h1-21H. The zero-order chi connectivity index (χ0) is 21.9. The molecule has 0 aromatic heterocycles. The van der Waals surface area contributed by atoms with E-state index >= 15 is 0 Å². The van der Waals surface area contributed by atoms with Gasteiger partial charge in [-0.1, -0.05) is 91.0 Å². The normalized spacial score (nSPS) is 11.2. The lowest BCUT2D eigenvalue weighted by atomic mass is 10.2. The van der Waals surface area contributed by atoms with Gasteiger partial charge in [0.05, 0.1) is 0 Å². The number of amides is 3. The van der Waals surface area contributed by atoms with Crippen molar-refractivity contribution in [1.29, 1.82) is 0 Å². The molecule has 0 aliphatic heterocycles. The molecule has 152 valence electrons. The monoisotopic (exact) mass is 407 g/mol. The lowest BCUT2D eigenvalue weighted by Crippen LogP contribution is -2.39. The molecule has 0 bridgehead atoms. The fourth-order valence-electron chi connectivity index (χ4n) is 2.74. The van der Waals surface area contributed by atoms with Gasteiger partial charge in [-0.15, -0.1) is 0 Å². The molecule has 0 radical (unpaired) electrons. The average Bonchev–Trinajstić information content (AvgIpc) is 2.82. The molecule has 0 fully saturated rings. The molecule has 0 aliphatic rings. The number of hydrogen-bond donors (Lipinski definition) is 0. The minimum Gasteiger partial charge on any atom is -0.269 e. The molecule has 0 saturated carbocycles. The highest BCUT2D eigenvalue weighted by Gasteiger charge is 2.23. The predicted molar refractivity (Wildman–Crippen MR) is 123 cm³/mol. The Bertz CT molecular complexity index is 969. The molecular formula is C27H21NO3. The van der Waals surface area contributed by atoms with Crippen molar-refractivity contribution in [2.75, 3.05) is 0 Å². The topological polar surface area (TPSA) is 54.5 Å². The van der Waals surface area contributed by atoms with Crippen molar-refractivity contribution >= 4 is 35.9 Å². The van der Waals surface area contributed by atoms with E-state index < -0.39 is 17.7 Å². The van der Waals surface area contributed by atoms with Gasteiger partial charge in [0.15, 0.2) is 0 Å². The Morgan fingerprint density at radius 2 is 0.710 bits per heavy atom. The molecule has 4 nitrogen and oxygen atoms in total. The summed E-state index contributed by atoms with van der Waals surface area (Å²) in [6.07, 6.45) is 8.36. The Hall–Kier alpha value is -4.31. The number of nitrogens with zero attached hydrogens (tertiary/aromatic N) is 1. The average molecular weight is 407 g/mol. The van der Waals surface area contributed by atoms with Crippen molar-refractivity contribution in [2.24, 2.45) is 0 Å². The van der Waals surface area contributed by atoms with Crippen LogP contribution in [0.5, 0.6) is 0 Å². The van der Waals surface area contributed by atoms with Crippen molar-refractivity contribution in [2.45, 2.75) is 0 Å². The van der Waals surface area contributed by atoms with Crippen LogP contribution in [-0.2, 0) is 14.4 Å². The van der Waals surface area contributed by atoms with Crippen LogP contribution in [0.25, 0.3) is 18.2 Å². The fraction of sp³-hybridized carbons (Fsp3) is 0. The zero-order valence-corrected chi connectivity index (χ0v) is 16.8. The van der Waals surface area contributed by atoms with Crippen LogP contribution in [0.1, 0.15) is 16.7 Å². The van der Waals surface area contributed by atoms with E-state index in [1.807, 2.05) is 91.0 Å². The Morgan fingerprint density at radius 3 is 0.968 bits per heavy atom. The summed E-state index contributed by atoms with van der Waals surface area (Å²) in [5, 5.41) is 0. The Morgan fingerprint density at radius 1 is 0.452 bits per heavy atom. The molecule has 0 saturated heterocycles. The summed E-state index contributed by atoms with van der Waals surface area (Å²) in [5.74, 6) is -2.14. The summed E-state index contributed by atoms with van der Waals surface area (Å²) in [4.78, 5) is 38.9. The highest BCUT2D eigenvalue weighted by molar-refractivity contribution is 6.21. The highest BCUT2D eigenvalue weighted by atomic mass is 16.2. The van der Waals surface area contributed by atoms with E-state index in [4.69, 9.17) is 0 Å². The molecule has 0 atom stereocenters. The van der Waals surface area contributed by atoms with Crippen molar-refractivity contribution in [3.05, 3.63) is 126 Å². The zero-order valence-electron chi connectivity index (χ0n) is 16.8. The summed E-state index contributed by atoms with van der Waals surface area (Å²) in [7, 11) is 0. The molecule has 0 unspecified atom stereocenters. The van der Waals surface area contributed by atoms with E-state index in [0.29, 0.717) is 4.90 Å². The third-order valence-corrected chi connectivity index (χ3v) is 4.31. The van der Waals surface area contributed by atoms with Crippen LogP contribution in [-0.4, -0.2) is 22.6 Å². The molecule has 0 aliphatic carbocycles. The van der Waals surface area contributed by atoms with Gasteiger partial charge < -0.3 is 0 Å². The Labute approximate surface area is 181 Å². The van der Waals surface area contributed by atoms with Crippen LogP contribution < -0.4 is 0 Å². The van der Waals surface area contributed by atoms with E-state index in [1.54, 1.807) is 18.2 Å². The molecule has 0 spiro atoms. The SMILES string of the molecule is O=C(C=Cc1ccccc1)N(C(=O)C=Cc1ccccc1)C(=O)C=Cc1ccccc1. The summed E-state index contributed by atoms with van der Waals surface area (Å²) in [6, 6.07) is 27.5. The molecular weight excluding hydrogens is 386 g/mol. The number of carbonyl (C=O) groups excluding carboxylic acids is 3. The summed E-state index contributed by atoms with van der Waals surface area (Å²) in [5.41, 5.74) is 2.36. The summed E-state index contributed by atoms with van der Waals surface area (Å²) in [6.45, 7) is 0. The Kier molecular flexibility index (Phi) is 7.61. The van der Waals surface area contributed by atoms with Gasteiger partial charge in [-0.2, -0.15) is 0 Å². The first-order valence-corrected chi connectivity index (χ1v) is 9.75. The maximum Gasteiger partial charge on any atom is 0.260 e. The second-order valence-electron chi connectivity index (χ2n) is 6.58. The van der Waals surface area contributed by atoms with Crippen molar-refractivity contribution in [3.63, 3.8) is 0 Å². The van der Waals surface area contributed by atoms with Gasteiger partial charge in [-0.05, 0) is 34.9 Å². The van der Waals surface area contributed by atoms with E-state index in [-0.39, 0.29) is 0 Å². The number of carbonyl (C=O) groups is 3. The molecule has 0 heterocycles. The molecule has 3 rings (SSSR count). The largest absolute Gasteiger partial charge is 0.269 e. The number of benzene rings is 3. The van der Waals surface area contributed by atoms with Crippen LogP contribution in [0.4, 0.5) is 0 Å². The van der Waals surface area contributed by atoms with E-state index in [0.717, 1.165) is 16.7 Å². The second-order valence-corrected chi connectivity index (χ2v) is 6.58. The maximum atomic E-state index is 12.8. The van der Waals surface area contributed by atoms with Gasteiger partial charge in [-0.3, -0.25) is 14.4 Å². The minimum atomic E-state index is -0.714. The van der Waals surface area contributed by atoms with E-state index in [9.17, 15) is 14.4 Å². The smallest absolute Gasteiger partial charge is 0.260 e. The van der Waals surface area contributed by atoms with Crippen LogP contribution in [0.3, 0.4) is 0 Å². The van der Waals surface area contributed by atoms with E-state index in [2.05, 4.69) is 0 Å². The first-order chi connectivity index (χ1) is 15.1. The molecule has 3 amide bonds. The lowest BCUT2D eigenvalue weighted by molar-refractivity contribution is -0.147. The maximum absolute atomic E-state index is 12.8. The number of hydrogen-bond acceptors (Lipinski definition) is 3. The van der Waals surface area contributed by atoms with Gasteiger partial charge in [0.1, 0.15) is 0 Å². The first kappa shape index (κ1) is 21.4. The first-order valence-electron chi connectivity index (χ1n) is 9.75. The second kappa shape index (κ2) is 11.0. The number of rotatable bonds is 6. The molecule has 0 N–H and O–H groups in total. The quantitative estimate of drug-likeness (QED) is 0.540. The van der Waals surface area contributed by atoms with Crippen molar-refractivity contribution in [1.82, 2.24) is 4.90 Å². The van der Waals surface area contributed by atoms with Gasteiger partial charge in [0, 0.05) is 18.2 Å². The lowest BCUT2D eigenvalue weighted by Gasteiger charge is -2.13. The van der Waals surface area contributed by atoms with Crippen LogP contribution in [0.2, 0.25) is 0 Å².